The number of methoxy groups -OCH3 is 2. The maximum Gasteiger partial charge on any atom is 0.264 e. The molecule has 0 aliphatic rings. The number of rotatable bonds is 13. The van der Waals surface area contributed by atoms with Crippen LogP contribution >= 0.6 is 11.6 Å². The Kier molecular flexibility index (Phi) is 11.0. The van der Waals surface area contributed by atoms with Gasteiger partial charge in [-0.05, 0) is 62.2 Å². The molecule has 0 spiro atoms. The van der Waals surface area contributed by atoms with Crippen molar-refractivity contribution in [2.45, 2.75) is 50.7 Å². The largest absolute Gasteiger partial charge is 0.497 e. The molecule has 3 aromatic rings. The lowest BCUT2D eigenvalue weighted by Gasteiger charge is -2.33. The van der Waals surface area contributed by atoms with E-state index >= 15 is 0 Å². The fourth-order valence-electron chi connectivity index (χ4n) is 4.06. The topological polar surface area (TPSA) is 105 Å². The van der Waals surface area contributed by atoms with Gasteiger partial charge in [-0.2, -0.15) is 0 Å². The molecule has 0 aliphatic carbocycles. The Labute approximate surface area is 247 Å². The first-order valence-corrected chi connectivity index (χ1v) is 15.0. The summed E-state index contributed by atoms with van der Waals surface area (Å²) >= 11 is 6.06. The van der Waals surface area contributed by atoms with Crippen molar-refractivity contribution >= 4 is 39.1 Å². The van der Waals surface area contributed by atoms with Crippen LogP contribution in [0.4, 0.5) is 5.69 Å². The van der Waals surface area contributed by atoms with Crippen molar-refractivity contribution in [3.63, 3.8) is 0 Å². The van der Waals surface area contributed by atoms with E-state index in [1.54, 1.807) is 61.5 Å². The molecule has 41 heavy (non-hydrogen) atoms. The molecule has 0 radical (unpaired) electrons. The zero-order valence-electron chi connectivity index (χ0n) is 23.8. The van der Waals surface area contributed by atoms with Crippen molar-refractivity contribution in [1.29, 1.82) is 0 Å². The van der Waals surface area contributed by atoms with Gasteiger partial charge in [-0.15, -0.1) is 0 Å². The lowest BCUT2D eigenvalue weighted by Crippen LogP contribution is -2.52. The number of benzene rings is 3. The summed E-state index contributed by atoms with van der Waals surface area (Å²) in [7, 11) is -1.39. The summed E-state index contributed by atoms with van der Waals surface area (Å²) in [5, 5.41) is 3.44. The van der Waals surface area contributed by atoms with Crippen LogP contribution in [-0.2, 0) is 26.2 Å². The highest BCUT2D eigenvalue weighted by molar-refractivity contribution is 7.92. The Bertz CT molecular complexity index is 1430. The molecule has 0 saturated heterocycles. The Morgan fingerprint density at radius 1 is 0.951 bits per heavy atom. The van der Waals surface area contributed by atoms with E-state index in [4.69, 9.17) is 21.1 Å². The van der Waals surface area contributed by atoms with Crippen LogP contribution in [0, 0.1) is 0 Å². The number of carbonyl (C=O) groups is 2. The van der Waals surface area contributed by atoms with Gasteiger partial charge in [0.05, 0.1) is 24.8 Å². The second-order valence-electron chi connectivity index (χ2n) is 9.50. The second kappa shape index (κ2) is 14.2. The first kappa shape index (κ1) is 31.8. The molecule has 11 heteroatoms. The normalized spacial score (nSPS) is 12.6. The average Bonchev–Trinajstić information content (AvgIpc) is 2.98. The lowest BCUT2D eigenvalue weighted by atomic mass is 10.1. The van der Waals surface area contributed by atoms with E-state index in [-0.39, 0.29) is 34.8 Å². The maximum atomic E-state index is 14.1. The smallest absolute Gasteiger partial charge is 0.264 e. The molecule has 220 valence electrons. The third-order valence-electron chi connectivity index (χ3n) is 6.70. The molecule has 2 unspecified atom stereocenters. The summed E-state index contributed by atoms with van der Waals surface area (Å²) in [5.74, 6) is -0.333. The molecule has 0 heterocycles. The first-order chi connectivity index (χ1) is 19.5. The zero-order chi connectivity index (χ0) is 30.2. The van der Waals surface area contributed by atoms with E-state index in [1.165, 1.54) is 37.3 Å². The molecular formula is C30H36ClN3O6S. The molecule has 0 aliphatic heterocycles. The summed E-state index contributed by atoms with van der Waals surface area (Å²) in [6, 6.07) is 18.4. The van der Waals surface area contributed by atoms with Gasteiger partial charge in [0.2, 0.25) is 11.8 Å². The molecule has 2 atom stereocenters. The lowest BCUT2D eigenvalue weighted by molar-refractivity contribution is -0.139. The van der Waals surface area contributed by atoms with E-state index < -0.39 is 28.5 Å². The van der Waals surface area contributed by atoms with Gasteiger partial charge in [-0.3, -0.25) is 13.9 Å². The molecule has 3 aromatic carbocycles. The SMILES string of the molecule is CCC(C)NC(=O)C(C)N(Cc1ccc(Cl)cc1)C(=O)CN(c1cc(OC)ccc1OC)S(=O)(=O)c1ccccc1. The monoisotopic (exact) mass is 601 g/mol. The molecular weight excluding hydrogens is 566 g/mol. The number of hydrogen-bond acceptors (Lipinski definition) is 6. The van der Waals surface area contributed by atoms with Crippen LogP contribution in [0.5, 0.6) is 11.5 Å². The standard InChI is InChI=1S/C30H36ClN3O6S/c1-6-21(2)32-30(36)22(3)33(19-23-12-14-24(31)15-13-23)29(35)20-34(41(37,38)26-10-8-7-9-11-26)27-18-25(39-4)16-17-28(27)40-5/h7-18,21-22H,6,19-20H2,1-5H3,(H,32,36). The van der Waals surface area contributed by atoms with Crippen LogP contribution < -0.4 is 19.1 Å². The summed E-state index contributed by atoms with van der Waals surface area (Å²) in [6.45, 7) is 4.89. The zero-order valence-corrected chi connectivity index (χ0v) is 25.4. The fraction of sp³-hybridized carbons (Fsp3) is 0.333. The fourth-order valence-corrected chi connectivity index (χ4v) is 5.62. The second-order valence-corrected chi connectivity index (χ2v) is 11.8. The molecule has 0 bridgehead atoms. The van der Waals surface area contributed by atoms with Crippen LogP contribution in [0.2, 0.25) is 5.02 Å². The highest BCUT2D eigenvalue weighted by atomic mass is 35.5. The number of hydrogen-bond donors (Lipinski definition) is 1. The first-order valence-electron chi connectivity index (χ1n) is 13.2. The number of nitrogens with one attached hydrogen (secondary N) is 1. The minimum Gasteiger partial charge on any atom is -0.497 e. The van der Waals surface area contributed by atoms with Crippen molar-refractivity contribution in [2.75, 3.05) is 25.1 Å². The van der Waals surface area contributed by atoms with Gasteiger partial charge in [-0.1, -0.05) is 48.9 Å². The van der Waals surface area contributed by atoms with Gasteiger partial charge in [0.25, 0.3) is 10.0 Å². The number of amides is 2. The number of sulfonamides is 1. The van der Waals surface area contributed by atoms with E-state index in [0.717, 1.165) is 9.87 Å². The predicted molar refractivity (Wildman–Crippen MR) is 160 cm³/mol. The van der Waals surface area contributed by atoms with Gasteiger partial charge in [-0.25, -0.2) is 8.42 Å². The Balaban J connectivity index is 2.10. The highest BCUT2D eigenvalue weighted by Crippen LogP contribution is 2.36. The highest BCUT2D eigenvalue weighted by Gasteiger charge is 2.34. The maximum absolute atomic E-state index is 14.1. The third-order valence-corrected chi connectivity index (χ3v) is 8.73. The van der Waals surface area contributed by atoms with Crippen LogP contribution in [0.3, 0.4) is 0 Å². The summed E-state index contributed by atoms with van der Waals surface area (Å²) < 4.78 is 39.8. The summed E-state index contributed by atoms with van der Waals surface area (Å²) in [4.78, 5) is 28.6. The number of ether oxygens (including phenoxy) is 2. The van der Waals surface area contributed by atoms with Crippen molar-refractivity contribution in [2.24, 2.45) is 0 Å². The number of nitrogens with zero attached hydrogens (tertiary/aromatic N) is 2. The van der Waals surface area contributed by atoms with Crippen molar-refractivity contribution < 1.29 is 27.5 Å². The molecule has 2 amide bonds. The van der Waals surface area contributed by atoms with Crippen molar-refractivity contribution in [1.82, 2.24) is 10.2 Å². The molecule has 1 N–H and O–H groups in total. The molecule has 9 nitrogen and oxygen atoms in total. The van der Waals surface area contributed by atoms with E-state index in [0.29, 0.717) is 17.2 Å². The van der Waals surface area contributed by atoms with Gasteiger partial charge in [0.1, 0.15) is 24.1 Å². The number of anilines is 1. The number of carbonyl (C=O) groups excluding carboxylic acids is 2. The Hall–Kier alpha value is -3.76. The van der Waals surface area contributed by atoms with E-state index in [1.807, 2.05) is 13.8 Å². The van der Waals surface area contributed by atoms with Crippen LogP contribution in [0.15, 0.2) is 77.7 Å². The Morgan fingerprint density at radius 3 is 2.20 bits per heavy atom. The summed E-state index contributed by atoms with van der Waals surface area (Å²) in [6.07, 6.45) is 0.711. The average molecular weight is 602 g/mol. The van der Waals surface area contributed by atoms with Crippen LogP contribution in [0.25, 0.3) is 0 Å². The predicted octanol–water partition coefficient (Wildman–Crippen LogP) is 4.88. The molecule has 0 saturated carbocycles. The van der Waals surface area contributed by atoms with Gasteiger partial charge in [0, 0.05) is 23.7 Å². The third kappa shape index (κ3) is 7.92. The van der Waals surface area contributed by atoms with Gasteiger partial charge in [0.15, 0.2) is 0 Å². The van der Waals surface area contributed by atoms with Crippen molar-refractivity contribution in [3.05, 3.63) is 83.4 Å². The molecule has 0 aromatic heterocycles. The number of halogens is 1. The van der Waals surface area contributed by atoms with E-state index in [2.05, 4.69) is 5.32 Å². The van der Waals surface area contributed by atoms with Crippen molar-refractivity contribution in [3.8, 4) is 11.5 Å². The molecule has 3 rings (SSSR count). The molecule has 0 fully saturated rings. The Morgan fingerprint density at radius 2 is 1.61 bits per heavy atom. The van der Waals surface area contributed by atoms with Crippen LogP contribution in [0.1, 0.15) is 32.8 Å². The van der Waals surface area contributed by atoms with Crippen LogP contribution in [-0.4, -0.2) is 58.0 Å². The van der Waals surface area contributed by atoms with Gasteiger partial charge < -0.3 is 19.7 Å². The minimum atomic E-state index is -4.26. The van der Waals surface area contributed by atoms with E-state index in [9.17, 15) is 18.0 Å². The quantitative estimate of drug-likeness (QED) is 0.299. The van der Waals surface area contributed by atoms with Gasteiger partial charge >= 0.3 is 0 Å². The minimum absolute atomic E-state index is 0.00973. The summed E-state index contributed by atoms with van der Waals surface area (Å²) in [5.41, 5.74) is 0.842.